The standard InChI is InChI=1S/C11H9Cl2F2NO3/c1-2-19-10(18)11(14,15)9(17)16-8-4-6(12)3-7(13)5-8/h3-5H,2H2,1H3,(H,16,17). The Bertz CT molecular complexity index is 488. The number of ether oxygens (including phenoxy) is 1. The van der Waals surface area contributed by atoms with E-state index in [1.54, 1.807) is 0 Å². The van der Waals surface area contributed by atoms with Gasteiger partial charge in [0.25, 0.3) is 0 Å². The van der Waals surface area contributed by atoms with E-state index in [-0.39, 0.29) is 22.3 Å². The third-order valence-electron chi connectivity index (χ3n) is 1.94. The number of amides is 1. The van der Waals surface area contributed by atoms with Crippen LogP contribution in [0.15, 0.2) is 18.2 Å². The normalized spacial score (nSPS) is 11.0. The zero-order valence-electron chi connectivity index (χ0n) is 9.68. The first kappa shape index (κ1) is 15.7. The lowest BCUT2D eigenvalue weighted by Gasteiger charge is -2.14. The minimum Gasteiger partial charge on any atom is -0.461 e. The van der Waals surface area contributed by atoms with Crippen molar-refractivity contribution in [2.75, 3.05) is 11.9 Å². The van der Waals surface area contributed by atoms with Gasteiger partial charge in [0.1, 0.15) is 0 Å². The van der Waals surface area contributed by atoms with E-state index >= 15 is 0 Å². The van der Waals surface area contributed by atoms with Crippen molar-refractivity contribution in [2.24, 2.45) is 0 Å². The lowest BCUT2D eigenvalue weighted by Crippen LogP contribution is -2.43. The molecule has 0 fully saturated rings. The summed E-state index contributed by atoms with van der Waals surface area (Å²) in [6, 6.07) is 3.79. The molecule has 0 atom stereocenters. The molecule has 0 spiro atoms. The van der Waals surface area contributed by atoms with Crippen molar-refractivity contribution in [3.05, 3.63) is 28.2 Å². The van der Waals surface area contributed by atoms with Gasteiger partial charge in [0.15, 0.2) is 0 Å². The van der Waals surface area contributed by atoms with Crippen molar-refractivity contribution >= 4 is 40.8 Å². The molecule has 0 bridgehead atoms. The quantitative estimate of drug-likeness (QED) is 0.686. The molecule has 4 nitrogen and oxygen atoms in total. The molecule has 8 heteroatoms. The van der Waals surface area contributed by atoms with Crippen LogP contribution in [0.5, 0.6) is 0 Å². The Morgan fingerprint density at radius 2 is 1.79 bits per heavy atom. The van der Waals surface area contributed by atoms with Crippen LogP contribution in [0.3, 0.4) is 0 Å². The minimum absolute atomic E-state index is 0.0496. The van der Waals surface area contributed by atoms with Crippen molar-refractivity contribution in [3.63, 3.8) is 0 Å². The fraction of sp³-hybridized carbons (Fsp3) is 0.273. The second kappa shape index (κ2) is 6.16. The molecule has 1 rings (SSSR count). The third kappa shape index (κ3) is 4.04. The molecule has 0 saturated carbocycles. The lowest BCUT2D eigenvalue weighted by atomic mass is 10.2. The number of benzene rings is 1. The summed E-state index contributed by atoms with van der Waals surface area (Å²) >= 11 is 11.3. The van der Waals surface area contributed by atoms with E-state index in [1.165, 1.54) is 25.1 Å². The number of esters is 1. The van der Waals surface area contributed by atoms with Crippen LogP contribution in [0.25, 0.3) is 0 Å². The molecule has 1 aromatic rings. The van der Waals surface area contributed by atoms with Gasteiger partial charge in [0.2, 0.25) is 0 Å². The van der Waals surface area contributed by atoms with Crippen LogP contribution in [0.4, 0.5) is 14.5 Å². The van der Waals surface area contributed by atoms with E-state index in [0.717, 1.165) is 0 Å². The number of nitrogens with one attached hydrogen (secondary N) is 1. The molecule has 0 saturated heterocycles. The average Bonchev–Trinajstić information content (AvgIpc) is 2.27. The van der Waals surface area contributed by atoms with E-state index in [1.807, 2.05) is 5.32 Å². The number of alkyl halides is 2. The molecule has 1 aromatic carbocycles. The molecule has 104 valence electrons. The van der Waals surface area contributed by atoms with Crippen molar-refractivity contribution in [1.82, 2.24) is 0 Å². The summed E-state index contributed by atoms with van der Waals surface area (Å²) in [5.41, 5.74) is -0.0496. The van der Waals surface area contributed by atoms with Crippen LogP contribution in [0.2, 0.25) is 10.0 Å². The van der Waals surface area contributed by atoms with Gasteiger partial charge in [0, 0.05) is 15.7 Å². The van der Waals surface area contributed by atoms with Crippen molar-refractivity contribution in [2.45, 2.75) is 12.8 Å². The van der Waals surface area contributed by atoms with Gasteiger partial charge in [-0.2, -0.15) is 8.78 Å². The highest BCUT2D eigenvalue weighted by Gasteiger charge is 2.49. The zero-order valence-corrected chi connectivity index (χ0v) is 11.2. The minimum atomic E-state index is -4.29. The summed E-state index contributed by atoms with van der Waals surface area (Å²) in [7, 11) is 0. The monoisotopic (exact) mass is 311 g/mol. The first-order valence-corrected chi connectivity index (χ1v) is 5.85. The Labute approximate surface area is 117 Å². The fourth-order valence-corrected chi connectivity index (χ4v) is 1.68. The van der Waals surface area contributed by atoms with Crippen LogP contribution in [0, 0.1) is 0 Å². The Morgan fingerprint density at radius 3 is 2.26 bits per heavy atom. The van der Waals surface area contributed by atoms with Crippen LogP contribution in [0.1, 0.15) is 6.92 Å². The van der Waals surface area contributed by atoms with E-state index in [0.29, 0.717) is 0 Å². The van der Waals surface area contributed by atoms with Gasteiger partial charge in [0.05, 0.1) is 6.61 Å². The first-order chi connectivity index (χ1) is 8.77. The van der Waals surface area contributed by atoms with Gasteiger partial charge in [-0.3, -0.25) is 4.79 Å². The van der Waals surface area contributed by atoms with Gasteiger partial charge >= 0.3 is 17.8 Å². The molecule has 0 aromatic heterocycles. The van der Waals surface area contributed by atoms with E-state index in [2.05, 4.69) is 4.74 Å². The van der Waals surface area contributed by atoms with Crippen molar-refractivity contribution < 1.29 is 23.1 Å². The molecule has 0 heterocycles. The van der Waals surface area contributed by atoms with Gasteiger partial charge in [-0.1, -0.05) is 23.2 Å². The smallest absolute Gasteiger partial charge is 0.419 e. The molecule has 0 aliphatic rings. The first-order valence-electron chi connectivity index (χ1n) is 5.10. The van der Waals surface area contributed by atoms with Crippen molar-refractivity contribution in [1.29, 1.82) is 0 Å². The number of hydrogen-bond acceptors (Lipinski definition) is 3. The number of carbonyl (C=O) groups excluding carboxylic acids is 2. The molecule has 1 N–H and O–H groups in total. The Hall–Kier alpha value is -1.40. The Balaban J connectivity index is 2.86. The molecular weight excluding hydrogens is 303 g/mol. The number of carbonyl (C=O) groups is 2. The largest absolute Gasteiger partial charge is 0.461 e. The predicted molar refractivity (Wildman–Crippen MR) is 66.7 cm³/mol. The zero-order chi connectivity index (χ0) is 14.6. The maximum Gasteiger partial charge on any atom is 0.419 e. The summed E-state index contributed by atoms with van der Waals surface area (Å²) in [5.74, 6) is -8.02. The average molecular weight is 312 g/mol. The Kier molecular flexibility index (Phi) is 5.08. The topological polar surface area (TPSA) is 55.4 Å². The maximum atomic E-state index is 13.3. The van der Waals surface area contributed by atoms with E-state index < -0.39 is 17.8 Å². The lowest BCUT2D eigenvalue weighted by molar-refractivity contribution is -0.175. The van der Waals surface area contributed by atoms with Gasteiger partial charge in [-0.25, -0.2) is 4.79 Å². The number of rotatable bonds is 4. The maximum absolute atomic E-state index is 13.3. The second-order valence-corrected chi connectivity index (χ2v) is 4.28. The number of anilines is 1. The fourth-order valence-electron chi connectivity index (χ4n) is 1.15. The van der Waals surface area contributed by atoms with Crippen LogP contribution < -0.4 is 5.32 Å². The van der Waals surface area contributed by atoms with Crippen LogP contribution >= 0.6 is 23.2 Å². The van der Waals surface area contributed by atoms with E-state index in [4.69, 9.17) is 23.2 Å². The predicted octanol–water partition coefficient (Wildman–Crippen LogP) is 3.13. The number of halogens is 4. The highest BCUT2D eigenvalue weighted by Crippen LogP contribution is 2.24. The van der Waals surface area contributed by atoms with Gasteiger partial charge in [-0.15, -0.1) is 0 Å². The molecule has 1 amide bonds. The van der Waals surface area contributed by atoms with Crippen LogP contribution in [-0.2, 0) is 14.3 Å². The Morgan fingerprint density at radius 1 is 1.26 bits per heavy atom. The molecule has 0 unspecified atom stereocenters. The molecule has 19 heavy (non-hydrogen) atoms. The molecule has 0 aliphatic carbocycles. The highest BCUT2D eigenvalue weighted by molar-refractivity contribution is 6.35. The van der Waals surface area contributed by atoms with Crippen molar-refractivity contribution in [3.8, 4) is 0 Å². The number of hydrogen-bond donors (Lipinski definition) is 1. The molecule has 0 aliphatic heterocycles. The summed E-state index contributed by atoms with van der Waals surface area (Å²) in [4.78, 5) is 22.3. The highest BCUT2D eigenvalue weighted by atomic mass is 35.5. The summed E-state index contributed by atoms with van der Waals surface area (Å²) < 4.78 is 30.8. The molecule has 0 radical (unpaired) electrons. The summed E-state index contributed by atoms with van der Waals surface area (Å²) in [6.07, 6.45) is 0. The summed E-state index contributed by atoms with van der Waals surface area (Å²) in [5, 5.41) is 2.15. The SMILES string of the molecule is CCOC(=O)C(F)(F)C(=O)Nc1cc(Cl)cc(Cl)c1. The third-order valence-corrected chi connectivity index (χ3v) is 2.37. The molecular formula is C11H9Cl2F2NO3. The van der Waals surface area contributed by atoms with Gasteiger partial charge in [-0.05, 0) is 25.1 Å². The summed E-state index contributed by atoms with van der Waals surface area (Å²) in [6.45, 7) is 1.09. The van der Waals surface area contributed by atoms with E-state index in [9.17, 15) is 18.4 Å². The van der Waals surface area contributed by atoms with Gasteiger partial charge < -0.3 is 10.1 Å². The second-order valence-electron chi connectivity index (χ2n) is 3.41. The van der Waals surface area contributed by atoms with Crippen LogP contribution in [-0.4, -0.2) is 24.4 Å².